The van der Waals surface area contributed by atoms with Gasteiger partial charge in [-0.3, -0.25) is 4.52 Å². The minimum absolute atomic E-state index is 0.121. The molecule has 1 aromatic carbocycles. The first-order valence-corrected chi connectivity index (χ1v) is 7.41. The van der Waals surface area contributed by atoms with E-state index in [1.54, 1.807) is 12.1 Å². The Balaban J connectivity index is 2.00. The third-order valence-electron chi connectivity index (χ3n) is 2.59. The average Bonchev–Trinajstić information content (AvgIpc) is 2.36. The fraction of sp³-hybridized carbons (Fsp3) is 0.250. The Labute approximate surface area is 114 Å². The molecule has 0 atom stereocenters. The van der Waals surface area contributed by atoms with Gasteiger partial charge in [0.05, 0.1) is 6.61 Å². The molecule has 0 amide bonds. The van der Waals surface area contributed by atoms with E-state index in [0.717, 1.165) is 10.9 Å². The van der Waals surface area contributed by atoms with Gasteiger partial charge in [0.15, 0.2) is 0 Å². The van der Waals surface area contributed by atoms with Crippen LogP contribution in [0, 0.1) is 0 Å². The molecular weight excluding hydrogens is 285 g/mol. The van der Waals surface area contributed by atoms with Crippen LogP contribution in [-0.4, -0.2) is 22.9 Å². The second-order valence-corrected chi connectivity index (χ2v) is 5.33. The Hall–Kier alpha value is -1.50. The topological polar surface area (TPSA) is 109 Å². The van der Waals surface area contributed by atoms with E-state index in [9.17, 15) is 9.36 Å². The summed E-state index contributed by atoms with van der Waals surface area (Å²) >= 11 is 0. The molecule has 20 heavy (non-hydrogen) atoms. The zero-order chi connectivity index (χ0) is 14.6. The van der Waals surface area contributed by atoms with E-state index in [4.69, 9.17) is 14.2 Å². The third-order valence-corrected chi connectivity index (χ3v) is 3.11. The van der Waals surface area contributed by atoms with E-state index in [-0.39, 0.29) is 13.2 Å². The molecule has 0 aliphatic rings. The number of phosphoric ester groups is 1. The molecule has 1 aromatic heterocycles. The lowest BCUT2D eigenvalue weighted by Crippen LogP contribution is -2.19. The normalized spacial score (nSPS) is 11.9. The van der Waals surface area contributed by atoms with Gasteiger partial charge in [0.2, 0.25) is 0 Å². The van der Waals surface area contributed by atoms with E-state index in [1.807, 2.05) is 12.1 Å². The maximum Gasteiger partial charge on any atom is 0.469 e. The SMILES string of the molecule is O=c1cc(CNCCOP(=O)(O)O)c2ccccc2o1. The van der Waals surface area contributed by atoms with E-state index in [0.29, 0.717) is 12.1 Å². The van der Waals surface area contributed by atoms with Crippen LogP contribution < -0.4 is 10.9 Å². The number of nitrogens with one attached hydrogen (secondary N) is 1. The number of fused-ring (bicyclic) bond motifs is 1. The molecule has 0 saturated heterocycles. The Bertz CT molecular complexity index is 692. The number of para-hydroxylation sites is 1. The molecular formula is C12H14NO6P. The quantitative estimate of drug-likeness (QED) is 0.414. The van der Waals surface area contributed by atoms with Crippen LogP contribution in [0.1, 0.15) is 5.56 Å². The third kappa shape index (κ3) is 4.26. The largest absolute Gasteiger partial charge is 0.469 e. The van der Waals surface area contributed by atoms with Crippen LogP contribution in [-0.2, 0) is 15.6 Å². The molecule has 108 valence electrons. The van der Waals surface area contributed by atoms with Crippen molar-refractivity contribution in [3.05, 3.63) is 46.3 Å². The first kappa shape index (κ1) is 14.9. The highest BCUT2D eigenvalue weighted by Crippen LogP contribution is 2.35. The van der Waals surface area contributed by atoms with Crippen LogP contribution in [0.4, 0.5) is 0 Å². The highest BCUT2D eigenvalue weighted by Gasteiger charge is 2.12. The number of hydrogen-bond donors (Lipinski definition) is 3. The smallest absolute Gasteiger partial charge is 0.423 e. The predicted molar refractivity (Wildman–Crippen MR) is 72.2 cm³/mol. The molecule has 0 fully saturated rings. The first-order valence-electron chi connectivity index (χ1n) is 5.88. The summed E-state index contributed by atoms with van der Waals surface area (Å²) in [6.45, 7) is 0.500. The second-order valence-electron chi connectivity index (χ2n) is 4.09. The van der Waals surface area contributed by atoms with Gasteiger partial charge in [0, 0.05) is 24.5 Å². The molecule has 0 aliphatic carbocycles. The van der Waals surface area contributed by atoms with Crippen LogP contribution in [0.25, 0.3) is 11.0 Å². The van der Waals surface area contributed by atoms with Gasteiger partial charge in [-0.05, 0) is 11.6 Å². The van der Waals surface area contributed by atoms with E-state index >= 15 is 0 Å². The van der Waals surface area contributed by atoms with Gasteiger partial charge >= 0.3 is 13.4 Å². The minimum Gasteiger partial charge on any atom is -0.423 e. The molecule has 0 spiro atoms. The summed E-state index contributed by atoms with van der Waals surface area (Å²) in [7, 11) is -4.43. The van der Waals surface area contributed by atoms with Crippen molar-refractivity contribution in [2.24, 2.45) is 0 Å². The van der Waals surface area contributed by atoms with Gasteiger partial charge in [-0.1, -0.05) is 18.2 Å². The van der Waals surface area contributed by atoms with E-state index < -0.39 is 13.4 Å². The Morgan fingerprint density at radius 3 is 2.80 bits per heavy atom. The summed E-state index contributed by atoms with van der Waals surface area (Å²) in [5.41, 5.74) is 0.822. The van der Waals surface area contributed by atoms with Crippen molar-refractivity contribution < 1.29 is 23.3 Å². The van der Waals surface area contributed by atoms with Crippen LogP contribution in [0.2, 0.25) is 0 Å². The van der Waals surface area contributed by atoms with Crippen LogP contribution in [0.15, 0.2) is 39.5 Å². The molecule has 0 unspecified atom stereocenters. The van der Waals surface area contributed by atoms with Crippen molar-refractivity contribution in [3.8, 4) is 0 Å². The Kier molecular flexibility index (Phi) is 4.69. The van der Waals surface area contributed by atoms with Gasteiger partial charge in [0.1, 0.15) is 5.58 Å². The van der Waals surface area contributed by atoms with Crippen molar-refractivity contribution in [3.63, 3.8) is 0 Å². The molecule has 0 saturated carbocycles. The predicted octanol–water partition coefficient (Wildman–Crippen LogP) is 0.992. The number of benzene rings is 1. The first-order chi connectivity index (χ1) is 9.46. The van der Waals surface area contributed by atoms with Gasteiger partial charge in [-0.25, -0.2) is 9.36 Å². The van der Waals surface area contributed by atoms with Crippen molar-refractivity contribution in [2.75, 3.05) is 13.2 Å². The Morgan fingerprint density at radius 1 is 1.30 bits per heavy atom. The van der Waals surface area contributed by atoms with E-state index in [1.165, 1.54) is 6.07 Å². The summed E-state index contributed by atoms with van der Waals surface area (Å²) in [5.74, 6) is 0. The molecule has 0 bridgehead atoms. The lowest BCUT2D eigenvalue weighted by Gasteiger charge is -2.08. The van der Waals surface area contributed by atoms with Gasteiger partial charge < -0.3 is 19.5 Å². The zero-order valence-electron chi connectivity index (χ0n) is 10.5. The maximum absolute atomic E-state index is 11.4. The molecule has 1 heterocycles. The second kappa shape index (κ2) is 6.30. The standard InChI is InChI=1S/C12H14NO6P/c14-12-7-9(8-13-5-6-18-20(15,16)17)10-3-1-2-4-11(10)19-12/h1-4,7,13H,5-6,8H2,(H2,15,16,17). The summed E-state index contributed by atoms with van der Waals surface area (Å²) < 4.78 is 19.8. The fourth-order valence-corrected chi connectivity index (χ4v) is 2.11. The molecule has 0 radical (unpaired) electrons. The summed E-state index contributed by atoms with van der Waals surface area (Å²) in [5, 5.41) is 3.76. The lowest BCUT2D eigenvalue weighted by atomic mass is 10.1. The highest BCUT2D eigenvalue weighted by atomic mass is 31.2. The molecule has 2 aromatic rings. The van der Waals surface area contributed by atoms with Gasteiger partial charge in [0.25, 0.3) is 0 Å². The monoisotopic (exact) mass is 299 g/mol. The van der Waals surface area contributed by atoms with Crippen LogP contribution in [0.5, 0.6) is 0 Å². The fourth-order valence-electron chi connectivity index (χ4n) is 1.78. The molecule has 3 N–H and O–H groups in total. The van der Waals surface area contributed by atoms with Crippen molar-refractivity contribution >= 4 is 18.8 Å². The lowest BCUT2D eigenvalue weighted by molar-refractivity contribution is 0.197. The summed E-state index contributed by atoms with van der Waals surface area (Å²) in [4.78, 5) is 28.4. The molecule has 8 heteroatoms. The minimum atomic E-state index is -4.43. The maximum atomic E-state index is 11.4. The van der Waals surface area contributed by atoms with Crippen molar-refractivity contribution in [1.29, 1.82) is 0 Å². The Morgan fingerprint density at radius 2 is 2.05 bits per heavy atom. The number of rotatable bonds is 6. The van der Waals surface area contributed by atoms with Crippen molar-refractivity contribution in [2.45, 2.75) is 6.54 Å². The highest BCUT2D eigenvalue weighted by molar-refractivity contribution is 7.46. The van der Waals surface area contributed by atoms with Crippen molar-refractivity contribution in [1.82, 2.24) is 5.32 Å². The summed E-state index contributed by atoms with van der Waals surface area (Å²) in [6.07, 6.45) is 0. The zero-order valence-corrected chi connectivity index (χ0v) is 11.4. The average molecular weight is 299 g/mol. The van der Waals surface area contributed by atoms with E-state index in [2.05, 4.69) is 9.84 Å². The number of hydrogen-bond acceptors (Lipinski definition) is 5. The summed E-state index contributed by atoms with van der Waals surface area (Å²) in [6, 6.07) is 8.54. The van der Waals surface area contributed by atoms with Crippen LogP contribution in [0.3, 0.4) is 0 Å². The van der Waals surface area contributed by atoms with Crippen LogP contribution >= 0.6 is 7.82 Å². The molecule has 7 nitrogen and oxygen atoms in total. The number of phosphoric acid groups is 1. The van der Waals surface area contributed by atoms with Gasteiger partial charge in [-0.2, -0.15) is 0 Å². The molecule has 0 aliphatic heterocycles. The molecule has 2 rings (SSSR count). The van der Waals surface area contributed by atoms with Gasteiger partial charge in [-0.15, -0.1) is 0 Å².